The molecule has 0 bridgehead atoms. The van der Waals surface area contributed by atoms with Crippen LogP contribution in [0.15, 0.2) is 18.2 Å². The fourth-order valence-corrected chi connectivity index (χ4v) is 2.24. The topological polar surface area (TPSA) is 12.9 Å². The number of nitrogens with zero attached hydrogens (tertiary/aromatic N) is 1. The molecule has 1 aliphatic rings. The van der Waals surface area contributed by atoms with Crippen molar-refractivity contribution in [3.8, 4) is 0 Å². The van der Waals surface area contributed by atoms with Crippen LogP contribution < -0.4 is 0 Å². The highest BCUT2D eigenvalue weighted by atomic mass is 19.4. The molecular weight excluding hydrogens is 215 g/mol. The SMILES string of the molecule is FC(F)(F)c1cccc(C2CCCCC2)n1. The van der Waals surface area contributed by atoms with Crippen LogP contribution in [0, 0.1) is 0 Å². The van der Waals surface area contributed by atoms with Gasteiger partial charge in [-0.1, -0.05) is 25.3 Å². The zero-order chi connectivity index (χ0) is 11.6. The van der Waals surface area contributed by atoms with Crippen molar-refractivity contribution in [2.45, 2.75) is 44.2 Å². The number of rotatable bonds is 1. The first-order valence-corrected chi connectivity index (χ1v) is 5.61. The Bertz CT molecular complexity index is 354. The largest absolute Gasteiger partial charge is 0.433 e. The van der Waals surface area contributed by atoms with Crippen LogP contribution in [0.1, 0.15) is 49.4 Å². The summed E-state index contributed by atoms with van der Waals surface area (Å²) in [4.78, 5) is 3.74. The predicted molar refractivity (Wildman–Crippen MR) is 55.1 cm³/mol. The summed E-state index contributed by atoms with van der Waals surface area (Å²) in [5.41, 5.74) is -0.162. The highest BCUT2D eigenvalue weighted by molar-refractivity contribution is 5.17. The van der Waals surface area contributed by atoms with Gasteiger partial charge in [-0.3, -0.25) is 0 Å². The van der Waals surface area contributed by atoms with Gasteiger partial charge in [0.1, 0.15) is 5.69 Å². The second-order valence-corrected chi connectivity index (χ2v) is 4.28. The lowest BCUT2D eigenvalue weighted by atomic mass is 9.86. The summed E-state index contributed by atoms with van der Waals surface area (Å²) in [5, 5.41) is 0. The normalized spacial score (nSPS) is 18.7. The molecule has 2 rings (SSSR count). The molecule has 1 aliphatic carbocycles. The van der Waals surface area contributed by atoms with Gasteiger partial charge >= 0.3 is 6.18 Å². The molecule has 0 unspecified atom stereocenters. The highest BCUT2D eigenvalue weighted by Gasteiger charge is 2.33. The molecule has 1 fully saturated rings. The number of hydrogen-bond donors (Lipinski definition) is 0. The highest BCUT2D eigenvalue weighted by Crippen LogP contribution is 2.33. The standard InChI is InChI=1S/C12H14F3N/c13-12(14,15)11-8-4-7-10(16-11)9-5-2-1-3-6-9/h4,7-9H,1-3,5-6H2. The molecule has 1 heterocycles. The molecule has 0 aromatic carbocycles. The Morgan fingerprint density at radius 3 is 2.38 bits per heavy atom. The second kappa shape index (κ2) is 4.44. The van der Waals surface area contributed by atoms with Gasteiger partial charge in [-0.05, 0) is 25.0 Å². The lowest BCUT2D eigenvalue weighted by Gasteiger charge is -2.21. The van der Waals surface area contributed by atoms with Crippen molar-refractivity contribution >= 4 is 0 Å². The van der Waals surface area contributed by atoms with Crippen LogP contribution in [0.25, 0.3) is 0 Å². The number of aromatic nitrogens is 1. The van der Waals surface area contributed by atoms with Crippen molar-refractivity contribution in [2.75, 3.05) is 0 Å². The van der Waals surface area contributed by atoms with Gasteiger partial charge in [0.15, 0.2) is 0 Å². The number of pyridine rings is 1. The van der Waals surface area contributed by atoms with E-state index in [1.165, 1.54) is 12.5 Å². The molecule has 0 saturated heterocycles. The molecule has 0 aliphatic heterocycles. The van der Waals surface area contributed by atoms with Gasteiger partial charge in [0.05, 0.1) is 0 Å². The molecule has 0 atom stereocenters. The smallest absolute Gasteiger partial charge is 0.248 e. The fourth-order valence-electron chi connectivity index (χ4n) is 2.24. The van der Waals surface area contributed by atoms with Gasteiger partial charge in [0.2, 0.25) is 0 Å². The molecule has 0 radical (unpaired) electrons. The first kappa shape index (κ1) is 11.4. The zero-order valence-corrected chi connectivity index (χ0v) is 8.93. The first-order valence-electron chi connectivity index (χ1n) is 5.61. The van der Waals surface area contributed by atoms with Gasteiger partial charge < -0.3 is 0 Å². The minimum atomic E-state index is -4.33. The third kappa shape index (κ3) is 2.54. The van der Waals surface area contributed by atoms with Crippen LogP contribution >= 0.6 is 0 Å². The summed E-state index contributed by atoms with van der Waals surface area (Å²) in [5.74, 6) is 0.219. The fraction of sp³-hybridized carbons (Fsp3) is 0.583. The van der Waals surface area contributed by atoms with Crippen LogP contribution in [0.2, 0.25) is 0 Å². The summed E-state index contributed by atoms with van der Waals surface area (Å²) < 4.78 is 37.4. The van der Waals surface area contributed by atoms with Crippen LogP contribution in [-0.4, -0.2) is 4.98 Å². The van der Waals surface area contributed by atoms with E-state index < -0.39 is 11.9 Å². The average molecular weight is 229 g/mol. The summed E-state index contributed by atoms with van der Waals surface area (Å²) in [7, 11) is 0. The average Bonchev–Trinajstić information content (AvgIpc) is 2.29. The van der Waals surface area contributed by atoms with Gasteiger partial charge in [0.25, 0.3) is 0 Å². The third-order valence-corrected chi connectivity index (χ3v) is 3.08. The minimum Gasteiger partial charge on any atom is -0.248 e. The maximum atomic E-state index is 12.5. The van der Waals surface area contributed by atoms with Gasteiger partial charge in [-0.2, -0.15) is 13.2 Å². The van der Waals surface area contributed by atoms with E-state index in [-0.39, 0.29) is 5.92 Å². The van der Waals surface area contributed by atoms with E-state index in [0.717, 1.165) is 31.7 Å². The van der Waals surface area contributed by atoms with Crippen molar-refractivity contribution in [1.29, 1.82) is 0 Å². The molecule has 1 saturated carbocycles. The quantitative estimate of drug-likeness (QED) is 0.705. The molecule has 0 N–H and O–H groups in total. The summed E-state index contributed by atoms with van der Waals surface area (Å²) in [6.07, 6.45) is 0.994. The maximum absolute atomic E-state index is 12.5. The minimum absolute atomic E-state index is 0.219. The van der Waals surface area contributed by atoms with E-state index >= 15 is 0 Å². The van der Waals surface area contributed by atoms with Crippen molar-refractivity contribution in [2.24, 2.45) is 0 Å². The Labute approximate surface area is 92.7 Å². The van der Waals surface area contributed by atoms with E-state index in [1.807, 2.05) is 0 Å². The van der Waals surface area contributed by atoms with Crippen molar-refractivity contribution in [1.82, 2.24) is 4.98 Å². The van der Waals surface area contributed by atoms with Crippen molar-refractivity contribution in [3.63, 3.8) is 0 Å². The number of halogens is 3. The lowest BCUT2D eigenvalue weighted by Crippen LogP contribution is -2.12. The molecule has 1 aromatic heterocycles. The monoisotopic (exact) mass is 229 g/mol. The Kier molecular flexibility index (Phi) is 3.17. The Morgan fingerprint density at radius 1 is 1.06 bits per heavy atom. The van der Waals surface area contributed by atoms with Crippen LogP contribution in [0.3, 0.4) is 0 Å². The van der Waals surface area contributed by atoms with Crippen LogP contribution in [0.5, 0.6) is 0 Å². The molecule has 16 heavy (non-hydrogen) atoms. The molecule has 1 aromatic rings. The Balaban J connectivity index is 2.21. The third-order valence-electron chi connectivity index (χ3n) is 3.08. The zero-order valence-electron chi connectivity index (χ0n) is 8.93. The molecule has 4 heteroatoms. The van der Waals surface area contributed by atoms with E-state index in [2.05, 4.69) is 4.98 Å². The van der Waals surface area contributed by atoms with Crippen LogP contribution in [-0.2, 0) is 6.18 Å². The van der Waals surface area contributed by atoms with E-state index in [0.29, 0.717) is 5.69 Å². The van der Waals surface area contributed by atoms with Gasteiger partial charge in [-0.25, -0.2) is 4.98 Å². The molecular formula is C12H14F3N. The van der Waals surface area contributed by atoms with Gasteiger partial charge in [0, 0.05) is 11.6 Å². The van der Waals surface area contributed by atoms with E-state index in [4.69, 9.17) is 0 Å². The summed E-state index contributed by atoms with van der Waals surface area (Å²) in [6, 6.07) is 4.21. The van der Waals surface area contributed by atoms with E-state index in [1.54, 1.807) is 6.07 Å². The van der Waals surface area contributed by atoms with Crippen molar-refractivity contribution in [3.05, 3.63) is 29.6 Å². The first-order chi connectivity index (χ1) is 7.57. The molecule has 88 valence electrons. The lowest BCUT2D eigenvalue weighted by molar-refractivity contribution is -0.141. The maximum Gasteiger partial charge on any atom is 0.433 e. The predicted octanol–water partition coefficient (Wildman–Crippen LogP) is 4.15. The van der Waals surface area contributed by atoms with Crippen molar-refractivity contribution < 1.29 is 13.2 Å². The Morgan fingerprint density at radius 2 is 1.75 bits per heavy atom. The number of alkyl halides is 3. The molecule has 0 amide bonds. The summed E-state index contributed by atoms with van der Waals surface area (Å²) >= 11 is 0. The van der Waals surface area contributed by atoms with Gasteiger partial charge in [-0.15, -0.1) is 0 Å². The van der Waals surface area contributed by atoms with E-state index in [9.17, 15) is 13.2 Å². The summed E-state index contributed by atoms with van der Waals surface area (Å²) in [6.45, 7) is 0. The Hall–Kier alpha value is -1.06. The molecule has 0 spiro atoms. The second-order valence-electron chi connectivity index (χ2n) is 4.28. The van der Waals surface area contributed by atoms with Crippen LogP contribution in [0.4, 0.5) is 13.2 Å². The molecule has 1 nitrogen and oxygen atoms in total. The number of hydrogen-bond acceptors (Lipinski definition) is 1.